The van der Waals surface area contributed by atoms with Crippen molar-refractivity contribution in [2.75, 3.05) is 0 Å². The van der Waals surface area contributed by atoms with Crippen molar-refractivity contribution >= 4 is 34.2 Å². The fourth-order valence-corrected chi connectivity index (χ4v) is 1.55. The zero-order valence-corrected chi connectivity index (χ0v) is 8.68. The van der Waals surface area contributed by atoms with Crippen LogP contribution in [-0.2, 0) is 6.54 Å². The predicted molar refractivity (Wildman–Crippen MR) is 57.4 cm³/mol. The maximum absolute atomic E-state index is 5.86. The fraction of sp³-hybridized carbons (Fsp3) is 0.111. The molecule has 1 aromatic carbocycles. The van der Waals surface area contributed by atoms with E-state index in [-0.39, 0.29) is 6.54 Å². The van der Waals surface area contributed by atoms with E-state index in [2.05, 4.69) is 9.97 Å². The molecule has 0 atom stereocenters. The summed E-state index contributed by atoms with van der Waals surface area (Å²) in [5.41, 5.74) is 7.47. The Balaban J connectivity index is 2.73. The molecule has 0 amide bonds. The van der Waals surface area contributed by atoms with Crippen molar-refractivity contribution in [2.45, 2.75) is 6.54 Å². The highest BCUT2D eigenvalue weighted by Gasteiger charge is 2.05. The van der Waals surface area contributed by atoms with Gasteiger partial charge in [-0.2, -0.15) is 0 Å². The second-order valence-electron chi connectivity index (χ2n) is 2.80. The molecule has 2 aromatic rings. The molecule has 1 heterocycles. The molecule has 5 heteroatoms. The van der Waals surface area contributed by atoms with Gasteiger partial charge >= 0.3 is 0 Å². The van der Waals surface area contributed by atoms with Crippen LogP contribution in [0.3, 0.4) is 0 Å². The predicted octanol–water partition coefficient (Wildman–Crippen LogP) is 2.40. The largest absolute Gasteiger partial charge is 0.325 e. The molecule has 0 unspecified atom stereocenters. The van der Waals surface area contributed by atoms with Gasteiger partial charge in [-0.25, -0.2) is 9.97 Å². The zero-order valence-electron chi connectivity index (χ0n) is 7.17. The summed E-state index contributed by atoms with van der Waals surface area (Å²) in [6, 6.07) is 5.26. The minimum Gasteiger partial charge on any atom is -0.325 e. The van der Waals surface area contributed by atoms with Crippen LogP contribution >= 0.6 is 23.2 Å². The lowest BCUT2D eigenvalue weighted by Gasteiger charge is -2.02. The van der Waals surface area contributed by atoms with Crippen LogP contribution in [-0.4, -0.2) is 9.97 Å². The number of halogens is 2. The summed E-state index contributed by atoms with van der Waals surface area (Å²) in [6.07, 6.45) is 0. The van der Waals surface area contributed by atoms with Crippen molar-refractivity contribution in [3.63, 3.8) is 0 Å². The van der Waals surface area contributed by atoms with Gasteiger partial charge in [0.05, 0.1) is 16.7 Å². The molecule has 0 fully saturated rings. The summed E-state index contributed by atoms with van der Waals surface area (Å²) >= 11 is 11.7. The van der Waals surface area contributed by atoms with Gasteiger partial charge in [0.15, 0.2) is 5.15 Å². The Morgan fingerprint density at radius 3 is 2.64 bits per heavy atom. The molecular formula is C9H7Cl2N3. The average molecular weight is 228 g/mol. The summed E-state index contributed by atoms with van der Waals surface area (Å²) < 4.78 is 0. The third kappa shape index (κ3) is 1.66. The number of nitrogens with two attached hydrogens (primary N) is 1. The molecule has 0 saturated carbocycles. The smallest absolute Gasteiger partial charge is 0.152 e. The molecule has 0 saturated heterocycles. The van der Waals surface area contributed by atoms with Gasteiger partial charge in [-0.1, -0.05) is 23.2 Å². The SMILES string of the molecule is NCc1nc2cc(Cl)ccc2nc1Cl. The molecule has 0 aliphatic heterocycles. The Kier molecular flexibility index (Phi) is 2.54. The van der Waals surface area contributed by atoms with Gasteiger partial charge < -0.3 is 5.73 Å². The van der Waals surface area contributed by atoms with E-state index < -0.39 is 0 Å². The van der Waals surface area contributed by atoms with Gasteiger partial charge in [-0.05, 0) is 18.2 Å². The summed E-state index contributed by atoms with van der Waals surface area (Å²) in [5, 5.41) is 0.972. The van der Waals surface area contributed by atoms with Gasteiger partial charge in [0, 0.05) is 11.6 Å². The van der Waals surface area contributed by atoms with Crippen LogP contribution < -0.4 is 5.73 Å². The Morgan fingerprint density at radius 2 is 1.93 bits per heavy atom. The molecule has 2 N–H and O–H groups in total. The van der Waals surface area contributed by atoms with Gasteiger partial charge in [0.2, 0.25) is 0 Å². The zero-order chi connectivity index (χ0) is 10.1. The summed E-state index contributed by atoms with van der Waals surface area (Å²) in [6.45, 7) is 0.272. The van der Waals surface area contributed by atoms with Crippen LogP contribution in [0.2, 0.25) is 10.2 Å². The molecule has 0 aliphatic carbocycles. The standard InChI is InChI=1S/C9H7Cl2N3/c10-5-1-2-6-7(3-5)13-8(4-12)9(11)14-6/h1-3H,4,12H2. The Labute approximate surface area is 90.9 Å². The van der Waals surface area contributed by atoms with Crippen LogP contribution in [0.4, 0.5) is 0 Å². The summed E-state index contributed by atoms with van der Waals surface area (Å²) in [5.74, 6) is 0. The van der Waals surface area contributed by atoms with Crippen molar-refractivity contribution in [3.05, 3.63) is 34.1 Å². The second-order valence-corrected chi connectivity index (χ2v) is 3.59. The fourth-order valence-electron chi connectivity index (χ4n) is 1.17. The molecule has 2 rings (SSSR count). The van der Waals surface area contributed by atoms with Crippen molar-refractivity contribution in [1.82, 2.24) is 9.97 Å². The number of rotatable bonds is 1. The second kappa shape index (κ2) is 3.69. The van der Waals surface area contributed by atoms with E-state index in [1.165, 1.54) is 0 Å². The highest BCUT2D eigenvalue weighted by molar-refractivity contribution is 6.31. The Bertz CT molecular complexity index is 485. The van der Waals surface area contributed by atoms with E-state index in [0.717, 1.165) is 5.52 Å². The number of benzene rings is 1. The maximum Gasteiger partial charge on any atom is 0.152 e. The lowest BCUT2D eigenvalue weighted by atomic mass is 10.3. The molecule has 14 heavy (non-hydrogen) atoms. The monoisotopic (exact) mass is 227 g/mol. The summed E-state index contributed by atoms with van der Waals surface area (Å²) in [7, 11) is 0. The highest BCUT2D eigenvalue weighted by atomic mass is 35.5. The van der Waals surface area contributed by atoms with E-state index in [1.54, 1.807) is 18.2 Å². The van der Waals surface area contributed by atoms with Crippen LogP contribution in [0.5, 0.6) is 0 Å². The highest BCUT2D eigenvalue weighted by Crippen LogP contribution is 2.19. The van der Waals surface area contributed by atoms with Crippen LogP contribution in [0.1, 0.15) is 5.69 Å². The van der Waals surface area contributed by atoms with Gasteiger partial charge in [0.1, 0.15) is 0 Å². The molecule has 3 nitrogen and oxygen atoms in total. The van der Waals surface area contributed by atoms with E-state index in [0.29, 0.717) is 21.4 Å². The first kappa shape index (κ1) is 9.65. The Hall–Kier alpha value is -0.900. The first-order valence-electron chi connectivity index (χ1n) is 4.02. The molecule has 0 radical (unpaired) electrons. The van der Waals surface area contributed by atoms with Crippen molar-refractivity contribution < 1.29 is 0 Å². The normalized spacial score (nSPS) is 10.8. The lowest BCUT2D eigenvalue weighted by molar-refractivity contribution is 0.988. The average Bonchev–Trinajstić information content (AvgIpc) is 2.17. The topological polar surface area (TPSA) is 51.8 Å². The van der Waals surface area contributed by atoms with E-state index >= 15 is 0 Å². The van der Waals surface area contributed by atoms with Gasteiger partial charge in [0.25, 0.3) is 0 Å². The lowest BCUT2D eigenvalue weighted by Crippen LogP contribution is -2.02. The minimum absolute atomic E-state index is 0.272. The first-order chi connectivity index (χ1) is 6.70. The minimum atomic E-state index is 0.272. The summed E-state index contributed by atoms with van der Waals surface area (Å²) in [4.78, 5) is 8.40. The third-order valence-corrected chi connectivity index (χ3v) is 2.38. The molecule has 0 bridgehead atoms. The third-order valence-electron chi connectivity index (χ3n) is 1.84. The van der Waals surface area contributed by atoms with Crippen molar-refractivity contribution in [3.8, 4) is 0 Å². The first-order valence-corrected chi connectivity index (χ1v) is 4.78. The van der Waals surface area contributed by atoms with Crippen molar-refractivity contribution in [1.29, 1.82) is 0 Å². The molecule has 0 spiro atoms. The number of fused-ring (bicyclic) bond motifs is 1. The Morgan fingerprint density at radius 1 is 1.14 bits per heavy atom. The number of aromatic nitrogens is 2. The molecule has 1 aromatic heterocycles. The number of hydrogen-bond donors (Lipinski definition) is 1. The molecule has 72 valence electrons. The van der Waals surface area contributed by atoms with E-state index in [1.807, 2.05) is 0 Å². The van der Waals surface area contributed by atoms with Crippen LogP contribution in [0.25, 0.3) is 11.0 Å². The van der Waals surface area contributed by atoms with Crippen LogP contribution in [0, 0.1) is 0 Å². The van der Waals surface area contributed by atoms with E-state index in [9.17, 15) is 0 Å². The van der Waals surface area contributed by atoms with Gasteiger partial charge in [-0.15, -0.1) is 0 Å². The number of nitrogens with zero attached hydrogens (tertiary/aromatic N) is 2. The molecule has 0 aliphatic rings. The number of hydrogen-bond acceptors (Lipinski definition) is 3. The quantitative estimate of drug-likeness (QED) is 0.815. The van der Waals surface area contributed by atoms with Crippen LogP contribution in [0.15, 0.2) is 18.2 Å². The maximum atomic E-state index is 5.86. The van der Waals surface area contributed by atoms with Gasteiger partial charge in [-0.3, -0.25) is 0 Å². The van der Waals surface area contributed by atoms with Crippen molar-refractivity contribution in [2.24, 2.45) is 5.73 Å². The molecular weight excluding hydrogens is 221 g/mol. The van der Waals surface area contributed by atoms with E-state index in [4.69, 9.17) is 28.9 Å².